The Balaban J connectivity index is 2.11. The van der Waals surface area contributed by atoms with Crippen LogP contribution in [0.4, 0.5) is 18.0 Å². The van der Waals surface area contributed by atoms with Crippen molar-refractivity contribution in [3.63, 3.8) is 0 Å². The van der Waals surface area contributed by atoms with Crippen LogP contribution in [-0.4, -0.2) is 30.1 Å². The minimum absolute atomic E-state index is 0.127. The Morgan fingerprint density at radius 1 is 1.35 bits per heavy atom. The van der Waals surface area contributed by atoms with Gasteiger partial charge >= 0.3 is 12.3 Å². The number of imide groups is 1. The van der Waals surface area contributed by atoms with Crippen molar-refractivity contribution in [2.24, 2.45) is 0 Å². The summed E-state index contributed by atoms with van der Waals surface area (Å²) in [5.74, 6) is -0.620. The number of hydrogen-bond donors (Lipinski definition) is 0. The maximum absolute atomic E-state index is 12.5. The lowest BCUT2D eigenvalue weighted by Gasteiger charge is -2.08. The second kappa shape index (κ2) is 5.36. The minimum Gasteiger partial charge on any atom is -0.447 e. The van der Waals surface area contributed by atoms with Crippen molar-refractivity contribution in [2.45, 2.75) is 6.18 Å². The molecule has 1 heterocycles. The molecule has 1 aliphatic rings. The highest BCUT2D eigenvalue weighted by atomic mass is 19.4. The van der Waals surface area contributed by atoms with Gasteiger partial charge in [0.05, 0.1) is 12.1 Å². The molecule has 7 heteroatoms. The summed E-state index contributed by atoms with van der Waals surface area (Å²) in [6.07, 6.45) is -2.92. The number of hydrogen-bond acceptors (Lipinski definition) is 3. The Labute approximate surface area is 112 Å². The molecule has 106 valence electrons. The second-order valence-corrected chi connectivity index (χ2v) is 4.06. The van der Waals surface area contributed by atoms with Crippen LogP contribution in [0.1, 0.15) is 11.1 Å². The number of ether oxygens (including phenoxy) is 1. The SMILES string of the molecule is O=C(/C=C/c1cccc(C(F)(F)F)c1)N1CCOC1=O. The van der Waals surface area contributed by atoms with Crippen molar-refractivity contribution < 1.29 is 27.5 Å². The first kappa shape index (κ1) is 14.1. The summed E-state index contributed by atoms with van der Waals surface area (Å²) in [7, 11) is 0. The molecule has 1 aromatic carbocycles. The third-order valence-corrected chi connectivity index (χ3v) is 2.66. The molecule has 1 aliphatic heterocycles. The summed E-state index contributed by atoms with van der Waals surface area (Å²) in [5, 5.41) is 0. The van der Waals surface area contributed by atoms with E-state index in [4.69, 9.17) is 0 Å². The number of halogens is 3. The monoisotopic (exact) mass is 285 g/mol. The molecular formula is C13H10F3NO3. The maximum Gasteiger partial charge on any atom is 0.416 e. The Morgan fingerprint density at radius 2 is 2.10 bits per heavy atom. The average molecular weight is 285 g/mol. The number of cyclic esters (lactones) is 1. The number of alkyl halides is 3. The molecule has 0 aromatic heterocycles. The fraction of sp³-hybridized carbons (Fsp3) is 0.231. The third-order valence-electron chi connectivity index (χ3n) is 2.66. The van der Waals surface area contributed by atoms with Crippen molar-refractivity contribution in [1.29, 1.82) is 0 Å². The topological polar surface area (TPSA) is 46.6 Å². The molecular weight excluding hydrogens is 275 g/mol. The molecule has 2 amide bonds. The molecule has 0 unspecified atom stereocenters. The van der Waals surface area contributed by atoms with Crippen LogP contribution in [0.15, 0.2) is 30.3 Å². The zero-order valence-electron chi connectivity index (χ0n) is 10.2. The predicted octanol–water partition coefficient (Wildman–Crippen LogP) is 2.70. The molecule has 2 rings (SSSR count). The molecule has 20 heavy (non-hydrogen) atoms. The van der Waals surface area contributed by atoms with Gasteiger partial charge in [0.1, 0.15) is 6.61 Å². The van der Waals surface area contributed by atoms with E-state index < -0.39 is 23.7 Å². The van der Waals surface area contributed by atoms with Gasteiger partial charge in [0.15, 0.2) is 0 Å². The molecule has 1 fully saturated rings. The number of benzene rings is 1. The molecule has 0 bridgehead atoms. The molecule has 0 aliphatic carbocycles. The van der Waals surface area contributed by atoms with Crippen molar-refractivity contribution >= 4 is 18.1 Å². The van der Waals surface area contributed by atoms with Crippen molar-refractivity contribution in [3.8, 4) is 0 Å². The van der Waals surface area contributed by atoms with Gasteiger partial charge in [-0.3, -0.25) is 4.79 Å². The maximum atomic E-state index is 12.5. The summed E-state index contributed by atoms with van der Waals surface area (Å²) >= 11 is 0. The van der Waals surface area contributed by atoms with Gasteiger partial charge in [0.25, 0.3) is 5.91 Å². The van der Waals surface area contributed by atoms with Crippen molar-refractivity contribution in [1.82, 2.24) is 4.90 Å². The lowest BCUT2D eigenvalue weighted by molar-refractivity contribution is -0.137. The van der Waals surface area contributed by atoms with Crippen molar-refractivity contribution in [2.75, 3.05) is 13.2 Å². The van der Waals surface area contributed by atoms with Crippen LogP contribution in [0.2, 0.25) is 0 Å². The molecule has 0 N–H and O–H groups in total. The van der Waals surface area contributed by atoms with Crippen LogP contribution < -0.4 is 0 Å². The molecule has 0 saturated carbocycles. The Morgan fingerprint density at radius 3 is 2.70 bits per heavy atom. The predicted molar refractivity (Wildman–Crippen MR) is 63.5 cm³/mol. The van der Waals surface area contributed by atoms with Gasteiger partial charge in [-0.15, -0.1) is 0 Å². The lowest BCUT2D eigenvalue weighted by atomic mass is 10.1. The van der Waals surface area contributed by atoms with Gasteiger partial charge in [0.2, 0.25) is 0 Å². The van der Waals surface area contributed by atoms with Gasteiger partial charge in [0, 0.05) is 6.08 Å². The van der Waals surface area contributed by atoms with Gasteiger partial charge < -0.3 is 4.74 Å². The number of nitrogens with zero attached hydrogens (tertiary/aromatic N) is 1. The standard InChI is InChI=1S/C13H10F3NO3/c14-13(15,16)10-3-1-2-9(8-10)4-5-11(18)17-6-7-20-12(17)19/h1-5,8H,6-7H2/b5-4+. The molecule has 0 spiro atoms. The van der Waals surface area contributed by atoms with E-state index in [1.165, 1.54) is 18.2 Å². The quantitative estimate of drug-likeness (QED) is 0.785. The van der Waals surface area contributed by atoms with E-state index in [9.17, 15) is 22.8 Å². The average Bonchev–Trinajstić information content (AvgIpc) is 2.82. The Hall–Kier alpha value is -2.31. The number of rotatable bonds is 2. The molecule has 4 nitrogen and oxygen atoms in total. The summed E-state index contributed by atoms with van der Waals surface area (Å²) in [6.45, 7) is 0.270. The molecule has 1 aromatic rings. The largest absolute Gasteiger partial charge is 0.447 e. The van der Waals surface area contributed by atoms with Crippen LogP contribution in [-0.2, 0) is 15.7 Å². The van der Waals surface area contributed by atoms with E-state index in [0.29, 0.717) is 0 Å². The van der Waals surface area contributed by atoms with Crippen molar-refractivity contribution in [3.05, 3.63) is 41.5 Å². The van der Waals surface area contributed by atoms with Gasteiger partial charge in [-0.05, 0) is 23.8 Å². The smallest absolute Gasteiger partial charge is 0.416 e. The fourth-order valence-electron chi connectivity index (χ4n) is 1.67. The fourth-order valence-corrected chi connectivity index (χ4v) is 1.67. The van der Waals surface area contributed by atoms with E-state index in [2.05, 4.69) is 4.74 Å². The zero-order chi connectivity index (χ0) is 14.8. The molecule has 0 radical (unpaired) electrons. The summed E-state index contributed by atoms with van der Waals surface area (Å²) in [4.78, 5) is 23.6. The number of amides is 2. The van der Waals surface area contributed by atoms with Gasteiger partial charge in [-0.25, -0.2) is 9.69 Å². The van der Waals surface area contributed by atoms with Crippen LogP contribution >= 0.6 is 0 Å². The Bertz CT molecular complexity index is 566. The highest BCUT2D eigenvalue weighted by Gasteiger charge is 2.30. The van der Waals surface area contributed by atoms with Crippen LogP contribution in [0.25, 0.3) is 6.08 Å². The first-order chi connectivity index (χ1) is 9.38. The Kier molecular flexibility index (Phi) is 3.78. The number of carbonyl (C=O) groups is 2. The summed E-state index contributed by atoms with van der Waals surface area (Å²) in [6, 6.07) is 4.54. The molecule has 1 saturated heterocycles. The van der Waals surface area contributed by atoms with E-state index in [1.807, 2.05) is 0 Å². The van der Waals surface area contributed by atoms with Crippen LogP contribution in [0.3, 0.4) is 0 Å². The minimum atomic E-state index is -4.44. The van der Waals surface area contributed by atoms with E-state index >= 15 is 0 Å². The summed E-state index contributed by atoms with van der Waals surface area (Å²) in [5.41, 5.74) is -0.576. The third kappa shape index (κ3) is 3.17. The van der Waals surface area contributed by atoms with Crippen LogP contribution in [0.5, 0.6) is 0 Å². The first-order valence-corrected chi connectivity index (χ1v) is 5.71. The number of carbonyl (C=O) groups excluding carboxylic acids is 2. The normalized spacial score (nSPS) is 15.8. The zero-order valence-corrected chi connectivity index (χ0v) is 10.2. The van der Waals surface area contributed by atoms with Crippen LogP contribution in [0, 0.1) is 0 Å². The van der Waals surface area contributed by atoms with E-state index in [-0.39, 0.29) is 18.7 Å². The van der Waals surface area contributed by atoms with E-state index in [0.717, 1.165) is 23.1 Å². The highest BCUT2D eigenvalue weighted by molar-refractivity contribution is 6.01. The lowest BCUT2D eigenvalue weighted by Crippen LogP contribution is -2.29. The van der Waals surface area contributed by atoms with Gasteiger partial charge in [-0.1, -0.05) is 12.1 Å². The van der Waals surface area contributed by atoms with Gasteiger partial charge in [-0.2, -0.15) is 13.2 Å². The molecule has 0 atom stereocenters. The highest BCUT2D eigenvalue weighted by Crippen LogP contribution is 2.29. The summed E-state index contributed by atoms with van der Waals surface area (Å²) < 4.78 is 42.1. The second-order valence-electron chi connectivity index (χ2n) is 4.06. The van der Waals surface area contributed by atoms with E-state index in [1.54, 1.807) is 0 Å². The first-order valence-electron chi connectivity index (χ1n) is 5.71.